The second kappa shape index (κ2) is 2.73. The van der Waals surface area contributed by atoms with E-state index in [2.05, 4.69) is 4.98 Å². The third-order valence-corrected chi connectivity index (χ3v) is 2.81. The molecular weight excluding hydrogens is 182 g/mol. The highest BCUT2D eigenvalue weighted by Gasteiger charge is 2.32. The van der Waals surface area contributed by atoms with Crippen LogP contribution in [0.1, 0.15) is 25.3 Å². The maximum atomic E-state index is 11.3. The highest BCUT2D eigenvalue weighted by atomic mass is 16.5. The third-order valence-electron chi connectivity index (χ3n) is 2.81. The molecule has 1 aliphatic heterocycles. The molecule has 2 rings (SSSR count). The first-order chi connectivity index (χ1) is 6.52. The van der Waals surface area contributed by atoms with Gasteiger partial charge in [-0.15, -0.1) is 0 Å². The van der Waals surface area contributed by atoms with Crippen LogP contribution in [0.15, 0.2) is 4.79 Å². The lowest BCUT2D eigenvalue weighted by Gasteiger charge is -2.09. The minimum atomic E-state index is -0.373. The van der Waals surface area contributed by atoms with Crippen molar-refractivity contribution in [1.29, 1.82) is 0 Å². The van der Waals surface area contributed by atoms with Crippen molar-refractivity contribution in [3.8, 4) is 5.88 Å². The zero-order chi connectivity index (χ0) is 10.5. The Morgan fingerprint density at radius 1 is 1.50 bits per heavy atom. The van der Waals surface area contributed by atoms with Crippen LogP contribution in [0.5, 0.6) is 5.88 Å². The molecule has 0 aromatic carbocycles. The second-order valence-corrected chi connectivity index (χ2v) is 3.67. The van der Waals surface area contributed by atoms with E-state index in [1.807, 2.05) is 13.8 Å². The fourth-order valence-corrected chi connectivity index (χ4v) is 1.65. The topological polar surface area (TPSA) is 70.1 Å². The van der Waals surface area contributed by atoms with Crippen LogP contribution in [0.4, 0.5) is 5.82 Å². The Balaban J connectivity index is 2.71. The van der Waals surface area contributed by atoms with Crippen molar-refractivity contribution in [2.45, 2.75) is 25.9 Å². The van der Waals surface area contributed by atoms with Gasteiger partial charge in [0.05, 0.1) is 5.56 Å². The SMILES string of the molecule is CC1Oc2nc(=O)n(C)c(N)c2C1C. The van der Waals surface area contributed by atoms with Crippen molar-refractivity contribution in [2.75, 3.05) is 5.73 Å². The van der Waals surface area contributed by atoms with Crippen LogP contribution in [0.2, 0.25) is 0 Å². The number of rotatable bonds is 0. The monoisotopic (exact) mass is 195 g/mol. The number of anilines is 1. The summed E-state index contributed by atoms with van der Waals surface area (Å²) in [6.45, 7) is 3.95. The Morgan fingerprint density at radius 2 is 2.14 bits per heavy atom. The van der Waals surface area contributed by atoms with Gasteiger partial charge < -0.3 is 10.5 Å². The molecule has 2 unspecified atom stereocenters. The maximum absolute atomic E-state index is 11.3. The summed E-state index contributed by atoms with van der Waals surface area (Å²) >= 11 is 0. The van der Waals surface area contributed by atoms with E-state index in [0.717, 1.165) is 5.56 Å². The van der Waals surface area contributed by atoms with Crippen LogP contribution in [0.3, 0.4) is 0 Å². The van der Waals surface area contributed by atoms with Crippen LogP contribution in [-0.2, 0) is 7.05 Å². The largest absolute Gasteiger partial charge is 0.474 e. The molecule has 1 aliphatic rings. The molecule has 0 fully saturated rings. The van der Waals surface area contributed by atoms with Crippen LogP contribution in [-0.4, -0.2) is 15.7 Å². The zero-order valence-corrected chi connectivity index (χ0v) is 8.44. The lowest BCUT2D eigenvalue weighted by molar-refractivity contribution is 0.225. The van der Waals surface area contributed by atoms with Crippen LogP contribution in [0, 0.1) is 0 Å². The summed E-state index contributed by atoms with van der Waals surface area (Å²) < 4.78 is 6.78. The molecular formula is C9H13N3O2. The Labute approximate surface area is 81.5 Å². The standard InChI is InChI=1S/C9H13N3O2/c1-4-5(2)14-8-6(4)7(10)12(3)9(13)11-8/h4-5H,10H2,1-3H3. The maximum Gasteiger partial charge on any atom is 0.352 e. The molecule has 0 saturated carbocycles. The molecule has 1 aromatic rings. The fourth-order valence-electron chi connectivity index (χ4n) is 1.65. The molecule has 1 aromatic heterocycles. The Bertz CT molecular complexity index is 438. The number of fused-ring (bicyclic) bond motifs is 1. The highest BCUT2D eigenvalue weighted by molar-refractivity contribution is 5.50. The minimum absolute atomic E-state index is 0.0293. The number of nitrogen functional groups attached to an aromatic ring is 1. The van der Waals surface area contributed by atoms with E-state index in [0.29, 0.717) is 11.7 Å². The first-order valence-electron chi connectivity index (χ1n) is 4.55. The normalized spacial score (nSPS) is 24.5. The van der Waals surface area contributed by atoms with Gasteiger partial charge in [0.1, 0.15) is 11.9 Å². The molecule has 0 saturated heterocycles. The van der Waals surface area contributed by atoms with Gasteiger partial charge in [-0.1, -0.05) is 6.92 Å². The van der Waals surface area contributed by atoms with Gasteiger partial charge in [-0.25, -0.2) is 4.79 Å². The number of nitrogens with zero attached hydrogens (tertiary/aromatic N) is 2. The zero-order valence-electron chi connectivity index (χ0n) is 8.44. The van der Waals surface area contributed by atoms with Gasteiger partial charge in [-0.2, -0.15) is 4.98 Å². The summed E-state index contributed by atoms with van der Waals surface area (Å²) in [4.78, 5) is 15.1. The molecule has 0 amide bonds. The Hall–Kier alpha value is -1.52. The first kappa shape index (κ1) is 9.05. The summed E-state index contributed by atoms with van der Waals surface area (Å²) in [7, 11) is 1.61. The van der Waals surface area contributed by atoms with Crippen molar-refractivity contribution in [1.82, 2.24) is 9.55 Å². The quantitative estimate of drug-likeness (QED) is 0.644. The third kappa shape index (κ3) is 1.01. The van der Waals surface area contributed by atoms with Gasteiger partial charge in [-0.05, 0) is 6.92 Å². The van der Waals surface area contributed by atoms with E-state index in [9.17, 15) is 4.79 Å². The minimum Gasteiger partial charge on any atom is -0.474 e. The summed E-state index contributed by atoms with van der Waals surface area (Å²) in [6.07, 6.45) is 0.0293. The summed E-state index contributed by atoms with van der Waals surface area (Å²) in [6, 6.07) is 0. The molecule has 2 heterocycles. The summed E-state index contributed by atoms with van der Waals surface area (Å²) in [5.74, 6) is 1.03. The van der Waals surface area contributed by atoms with Gasteiger partial charge in [0.25, 0.3) is 0 Å². The van der Waals surface area contributed by atoms with Crippen LogP contribution >= 0.6 is 0 Å². The average molecular weight is 195 g/mol. The molecule has 0 bridgehead atoms. The highest BCUT2D eigenvalue weighted by Crippen LogP contribution is 2.38. The van der Waals surface area contributed by atoms with Gasteiger partial charge in [0.15, 0.2) is 0 Å². The molecule has 0 radical (unpaired) electrons. The van der Waals surface area contributed by atoms with E-state index >= 15 is 0 Å². The molecule has 0 aliphatic carbocycles. The van der Waals surface area contributed by atoms with Gasteiger partial charge in [0.2, 0.25) is 5.88 Å². The summed E-state index contributed by atoms with van der Waals surface area (Å²) in [5, 5.41) is 0. The lowest BCUT2D eigenvalue weighted by Crippen LogP contribution is -2.23. The van der Waals surface area contributed by atoms with E-state index in [1.165, 1.54) is 4.57 Å². The average Bonchev–Trinajstić information content (AvgIpc) is 2.39. The molecule has 5 heteroatoms. The van der Waals surface area contributed by atoms with E-state index in [4.69, 9.17) is 10.5 Å². The van der Waals surface area contributed by atoms with Gasteiger partial charge in [-0.3, -0.25) is 4.57 Å². The van der Waals surface area contributed by atoms with E-state index in [1.54, 1.807) is 7.05 Å². The number of ether oxygens (including phenoxy) is 1. The van der Waals surface area contributed by atoms with Crippen LogP contribution < -0.4 is 16.2 Å². The Morgan fingerprint density at radius 3 is 2.79 bits per heavy atom. The first-order valence-corrected chi connectivity index (χ1v) is 4.55. The number of aromatic nitrogens is 2. The van der Waals surface area contributed by atoms with E-state index < -0.39 is 0 Å². The molecule has 2 N–H and O–H groups in total. The van der Waals surface area contributed by atoms with Gasteiger partial charge in [0, 0.05) is 13.0 Å². The van der Waals surface area contributed by atoms with Crippen molar-refractivity contribution in [3.63, 3.8) is 0 Å². The van der Waals surface area contributed by atoms with Crippen molar-refractivity contribution in [3.05, 3.63) is 16.0 Å². The van der Waals surface area contributed by atoms with Crippen molar-refractivity contribution < 1.29 is 4.74 Å². The number of nitrogens with two attached hydrogens (primary N) is 1. The predicted molar refractivity (Wildman–Crippen MR) is 52.4 cm³/mol. The molecule has 14 heavy (non-hydrogen) atoms. The van der Waals surface area contributed by atoms with Crippen molar-refractivity contribution in [2.24, 2.45) is 7.05 Å². The van der Waals surface area contributed by atoms with Crippen LogP contribution in [0.25, 0.3) is 0 Å². The fraction of sp³-hybridized carbons (Fsp3) is 0.556. The lowest BCUT2D eigenvalue weighted by atomic mass is 10.0. The predicted octanol–water partition coefficient (Wildman–Crippen LogP) is 0.247. The molecule has 76 valence electrons. The molecule has 5 nitrogen and oxygen atoms in total. The number of hydrogen-bond acceptors (Lipinski definition) is 4. The molecule has 0 spiro atoms. The molecule has 2 atom stereocenters. The van der Waals surface area contributed by atoms with E-state index in [-0.39, 0.29) is 17.7 Å². The number of hydrogen-bond donors (Lipinski definition) is 1. The smallest absolute Gasteiger partial charge is 0.352 e. The summed E-state index contributed by atoms with van der Waals surface area (Å²) in [5.41, 5.74) is 6.30. The van der Waals surface area contributed by atoms with Crippen molar-refractivity contribution >= 4 is 5.82 Å². The van der Waals surface area contributed by atoms with Gasteiger partial charge >= 0.3 is 5.69 Å². The second-order valence-electron chi connectivity index (χ2n) is 3.67. The Kier molecular flexibility index (Phi) is 1.77.